The largest absolute Gasteiger partial charge is 0.497 e. The molecule has 3 aromatic rings. The molecule has 0 aliphatic carbocycles. The summed E-state index contributed by atoms with van der Waals surface area (Å²) in [5, 5.41) is 11.8. The summed E-state index contributed by atoms with van der Waals surface area (Å²) in [6.45, 7) is 0. The highest BCUT2D eigenvalue weighted by Gasteiger charge is 2.07. The third kappa shape index (κ3) is 3.64. The highest BCUT2D eigenvalue weighted by molar-refractivity contribution is 5.63. The van der Waals surface area contributed by atoms with Gasteiger partial charge in [0.05, 0.1) is 18.4 Å². The number of H-pyrrole nitrogens is 1. The van der Waals surface area contributed by atoms with E-state index in [-0.39, 0.29) is 17.1 Å². The van der Waals surface area contributed by atoms with Crippen molar-refractivity contribution in [3.05, 3.63) is 70.3 Å². The second kappa shape index (κ2) is 6.84. The Morgan fingerprint density at radius 2 is 1.96 bits per heavy atom. The van der Waals surface area contributed by atoms with Crippen LogP contribution < -0.4 is 15.6 Å². The molecule has 0 bridgehead atoms. The molecule has 0 saturated heterocycles. The number of hydrogen-bond acceptors (Lipinski definition) is 5. The first-order valence-corrected chi connectivity index (χ1v) is 7.31. The molecule has 7 heteroatoms. The summed E-state index contributed by atoms with van der Waals surface area (Å²) in [5.41, 5.74) is 1.21. The molecule has 0 aliphatic rings. The molecule has 124 valence electrons. The van der Waals surface area contributed by atoms with Gasteiger partial charge in [0.2, 0.25) is 5.95 Å². The molecule has 3 rings (SSSR count). The normalized spacial score (nSPS) is 10.1. The predicted molar refractivity (Wildman–Crippen MR) is 91.2 cm³/mol. The Labute approximate surface area is 142 Å². The number of aromatic nitrogens is 2. The predicted octanol–water partition coefficient (Wildman–Crippen LogP) is 3.20. The number of rotatable bonds is 4. The maximum atomic E-state index is 13.4. The number of nitrogens with zero attached hydrogens (tertiary/aromatic N) is 2. The Morgan fingerprint density at radius 1 is 1.20 bits per heavy atom. The van der Waals surface area contributed by atoms with E-state index in [4.69, 9.17) is 10.00 Å². The Kier molecular flexibility index (Phi) is 4.44. The van der Waals surface area contributed by atoms with E-state index in [9.17, 15) is 9.18 Å². The summed E-state index contributed by atoms with van der Waals surface area (Å²) in [7, 11) is 1.57. The van der Waals surface area contributed by atoms with Gasteiger partial charge in [-0.1, -0.05) is 0 Å². The summed E-state index contributed by atoms with van der Waals surface area (Å²) in [6, 6.07) is 14.2. The molecular weight excluding hydrogens is 323 g/mol. The van der Waals surface area contributed by atoms with Crippen LogP contribution in [-0.4, -0.2) is 17.1 Å². The van der Waals surface area contributed by atoms with Crippen molar-refractivity contribution in [2.24, 2.45) is 0 Å². The van der Waals surface area contributed by atoms with Gasteiger partial charge in [0.25, 0.3) is 5.56 Å². The minimum atomic E-state index is -0.610. The Hall–Kier alpha value is -3.66. The summed E-state index contributed by atoms with van der Waals surface area (Å²) in [4.78, 5) is 18.8. The second-order valence-corrected chi connectivity index (χ2v) is 5.14. The lowest BCUT2D eigenvalue weighted by Gasteiger charge is -2.08. The van der Waals surface area contributed by atoms with Crippen molar-refractivity contribution in [1.82, 2.24) is 9.97 Å². The molecule has 0 aliphatic heterocycles. The van der Waals surface area contributed by atoms with Crippen molar-refractivity contribution in [3.63, 3.8) is 0 Å². The van der Waals surface area contributed by atoms with Gasteiger partial charge in [-0.25, -0.2) is 9.37 Å². The van der Waals surface area contributed by atoms with Gasteiger partial charge in [0.15, 0.2) is 0 Å². The first-order valence-electron chi connectivity index (χ1n) is 7.31. The zero-order valence-corrected chi connectivity index (χ0v) is 13.2. The maximum absolute atomic E-state index is 13.4. The van der Waals surface area contributed by atoms with E-state index in [1.54, 1.807) is 37.4 Å². The molecule has 0 fully saturated rings. The summed E-state index contributed by atoms with van der Waals surface area (Å²) >= 11 is 0. The van der Waals surface area contributed by atoms with Crippen LogP contribution >= 0.6 is 0 Å². The molecular formula is C18H13FN4O2. The third-order valence-electron chi connectivity index (χ3n) is 3.48. The first-order chi connectivity index (χ1) is 12.1. The Balaban J connectivity index is 1.94. The number of methoxy groups -OCH3 is 1. The lowest BCUT2D eigenvalue weighted by molar-refractivity contribution is 0.415. The smallest absolute Gasteiger partial charge is 0.252 e. The molecule has 6 nitrogen and oxygen atoms in total. The minimum absolute atomic E-state index is 0.0985. The number of nitrogens with one attached hydrogen (secondary N) is 2. The van der Waals surface area contributed by atoms with Gasteiger partial charge in [0, 0.05) is 17.3 Å². The van der Waals surface area contributed by atoms with Gasteiger partial charge >= 0.3 is 0 Å². The number of nitriles is 1. The van der Waals surface area contributed by atoms with Crippen LogP contribution in [0.5, 0.6) is 5.75 Å². The molecule has 1 aromatic heterocycles. The van der Waals surface area contributed by atoms with Crippen LogP contribution in [0.4, 0.5) is 16.0 Å². The van der Waals surface area contributed by atoms with Gasteiger partial charge in [-0.2, -0.15) is 5.26 Å². The summed E-state index contributed by atoms with van der Waals surface area (Å²) in [5.74, 6) is 0.276. The van der Waals surface area contributed by atoms with Crippen LogP contribution in [0, 0.1) is 17.1 Å². The number of benzene rings is 2. The molecule has 1 heterocycles. The lowest BCUT2D eigenvalue weighted by Crippen LogP contribution is -2.10. The SMILES string of the molecule is COc1ccc(-c2cc(=O)[nH]c(Nc3ccc(F)c(C#N)c3)n2)cc1. The van der Waals surface area contributed by atoms with Crippen LogP contribution in [-0.2, 0) is 0 Å². The Bertz CT molecular complexity index is 1010. The maximum Gasteiger partial charge on any atom is 0.252 e. The zero-order chi connectivity index (χ0) is 17.8. The van der Waals surface area contributed by atoms with Crippen LogP contribution in [0.1, 0.15) is 5.56 Å². The minimum Gasteiger partial charge on any atom is -0.497 e. The second-order valence-electron chi connectivity index (χ2n) is 5.14. The Morgan fingerprint density at radius 3 is 2.64 bits per heavy atom. The molecule has 0 amide bonds. The van der Waals surface area contributed by atoms with E-state index in [1.807, 2.05) is 0 Å². The van der Waals surface area contributed by atoms with E-state index < -0.39 is 5.82 Å². The molecule has 0 unspecified atom stereocenters. The van der Waals surface area contributed by atoms with E-state index in [2.05, 4.69) is 15.3 Å². The van der Waals surface area contributed by atoms with Crippen molar-refractivity contribution in [1.29, 1.82) is 5.26 Å². The van der Waals surface area contributed by atoms with E-state index >= 15 is 0 Å². The van der Waals surface area contributed by atoms with Crippen molar-refractivity contribution < 1.29 is 9.13 Å². The number of halogens is 1. The monoisotopic (exact) mass is 336 g/mol. The van der Waals surface area contributed by atoms with Crippen molar-refractivity contribution in [3.8, 4) is 23.1 Å². The molecule has 0 spiro atoms. The molecule has 25 heavy (non-hydrogen) atoms. The van der Waals surface area contributed by atoms with E-state index in [0.29, 0.717) is 17.1 Å². The molecule has 0 radical (unpaired) electrons. The van der Waals surface area contributed by atoms with Crippen molar-refractivity contribution >= 4 is 11.6 Å². The topological polar surface area (TPSA) is 90.8 Å². The number of aromatic amines is 1. The quantitative estimate of drug-likeness (QED) is 0.763. The van der Waals surface area contributed by atoms with Crippen LogP contribution in [0.2, 0.25) is 0 Å². The zero-order valence-electron chi connectivity index (χ0n) is 13.2. The van der Waals surface area contributed by atoms with Gasteiger partial charge in [0.1, 0.15) is 17.6 Å². The fourth-order valence-corrected chi connectivity index (χ4v) is 2.25. The van der Waals surface area contributed by atoms with Crippen LogP contribution in [0.25, 0.3) is 11.3 Å². The molecule has 2 N–H and O–H groups in total. The average molecular weight is 336 g/mol. The fraction of sp³-hybridized carbons (Fsp3) is 0.0556. The van der Waals surface area contributed by atoms with Gasteiger partial charge in [-0.05, 0) is 42.5 Å². The average Bonchev–Trinajstić information content (AvgIpc) is 2.63. The third-order valence-corrected chi connectivity index (χ3v) is 3.48. The lowest BCUT2D eigenvalue weighted by atomic mass is 10.1. The molecule has 0 atom stereocenters. The summed E-state index contributed by atoms with van der Waals surface area (Å²) < 4.78 is 18.5. The molecule has 0 saturated carbocycles. The number of hydrogen-bond donors (Lipinski definition) is 2. The molecule has 2 aromatic carbocycles. The standard InChI is InChI=1S/C18H13FN4O2/c1-25-14-5-2-11(3-6-14)16-9-17(24)23-18(22-16)21-13-4-7-15(19)12(8-13)10-20/h2-9H,1H3,(H2,21,22,23,24). The highest BCUT2D eigenvalue weighted by Crippen LogP contribution is 2.22. The first kappa shape index (κ1) is 16.2. The van der Waals surface area contributed by atoms with Crippen LogP contribution in [0.3, 0.4) is 0 Å². The number of anilines is 2. The van der Waals surface area contributed by atoms with Crippen LogP contribution in [0.15, 0.2) is 53.3 Å². The van der Waals surface area contributed by atoms with E-state index in [1.165, 1.54) is 24.3 Å². The fourth-order valence-electron chi connectivity index (χ4n) is 2.25. The van der Waals surface area contributed by atoms with Crippen molar-refractivity contribution in [2.75, 3.05) is 12.4 Å². The summed E-state index contributed by atoms with van der Waals surface area (Å²) in [6.07, 6.45) is 0. The van der Waals surface area contributed by atoms with Gasteiger partial charge in [-0.3, -0.25) is 9.78 Å². The van der Waals surface area contributed by atoms with Crippen molar-refractivity contribution in [2.45, 2.75) is 0 Å². The van der Waals surface area contributed by atoms with Gasteiger partial charge < -0.3 is 10.1 Å². The van der Waals surface area contributed by atoms with E-state index in [0.717, 1.165) is 5.56 Å². The number of ether oxygens (including phenoxy) is 1. The van der Waals surface area contributed by atoms with Gasteiger partial charge in [-0.15, -0.1) is 0 Å². The highest BCUT2D eigenvalue weighted by atomic mass is 19.1.